The molecular formula is C21H24F2N2O2S. The number of carbonyl (C=O) groups excluding carboxylic acids is 2. The van der Waals surface area contributed by atoms with Crippen LogP contribution < -0.4 is 5.32 Å². The Hall–Kier alpha value is -2.41. The van der Waals surface area contributed by atoms with E-state index in [0.29, 0.717) is 6.54 Å². The molecule has 1 saturated heterocycles. The summed E-state index contributed by atoms with van der Waals surface area (Å²) in [6, 6.07) is 11.5. The Morgan fingerprint density at radius 3 is 2.36 bits per heavy atom. The van der Waals surface area contributed by atoms with Crippen LogP contribution in [0, 0.1) is 17.6 Å². The van der Waals surface area contributed by atoms with Crippen molar-refractivity contribution < 1.29 is 18.4 Å². The first-order chi connectivity index (χ1) is 13.1. The molecule has 0 spiro atoms. The fourth-order valence-corrected chi connectivity index (χ4v) is 4.38. The van der Waals surface area contributed by atoms with Crippen LogP contribution in [0.5, 0.6) is 0 Å². The molecule has 0 aliphatic carbocycles. The van der Waals surface area contributed by atoms with Crippen molar-refractivity contribution in [1.29, 1.82) is 0 Å². The summed E-state index contributed by atoms with van der Waals surface area (Å²) in [7, 11) is 0.760. The summed E-state index contributed by atoms with van der Waals surface area (Å²) >= 11 is 0. The van der Waals surface area contributed by atoms with E-state index < -0.39 is 33.5 Å². The number of amides is 2. The monoisotopic (exact) mass is 406 g/mol. The van der Waals surface area contributed by atoms with Crippen LogP contribution in [0.2, 0.25) is 0 Å². The van der Waals surface area contributed by atoms with Gasteiger partial charge in [0.25, 0.3) is 0 Å². The van der Waals surface area contributed by atoms with E-state index in [1.54, 1.807) is 7.05 Å². The average molecular weight is 406 g/mol. The standard InChI is InChI=1S/C21H24F2N2O2S/c1-25-12-15(13-8-10-14(11-9-13)28(2,3)4)18(21(25)27)20(26)24-17-7-5-6-16(22)19(17)23/h5-11,15,18H,12H2,1-4H3,(H,24,26)/t15-,18+/m1/s1. The summed E-state index contributed by atoms with van der Waals surface area (Å²) in [5, 5.41) is 2.38. The zero-order chi connectivity index (χ0) is 20.6. The topological polar surface area (TPSA) is 49.4 Å². The van der Waals surface area contributed by atoms with Crippen molar-refractivity contribution in [3.63, 3.8) is 0 Å². The number of hydrogen-bond donors (Lipinski definition) is 1. The highest BCUT2D eigenvalue weighted by Gasteiger charge is 2.44. The predicted octanol–water partition coefficient (Wildman–Crippen LogP) is 3.83. The minimum Gasteiger partial charge on any atom is -0.344 e. The SMILES string of the molecule is CN1C[C@H](c2ccc(S(C)(C)C)cc2)[C@@H](C(=O)Nc2cccc(F)c2F)C1=O. The molecule has 1 fully saturated rings. The lowest BCUT2D eigenvalue weighted by Crippen LogP contribution is -2.33. The number of nitrogens with one attached hydrogen (secondary N) is 1. The van der Waals surface area contributed by atoms with E-state index in [1.165, 1.54) is 21.9 Å². The number of benzene rings is 2. The lowest BCUT2D eigenvalue weighted by Gasteiger charge is -2.26. The highest BCUT2D eigenvalue weighted by molar-refractivity contribution is 8.32. The maximum Gasteiger partial charge on any atom is 0.237 e. The molecule has 2 amide bonds. The molecule has 4 nitrogen and oxygen atoms in total. The fourth-order valence-electron chi connectivity index (χ4n) is 3.43. The molecule has 2 atom stereocenters. The quantitative estimate of drug-likeness (QED) is 0.785. The van der Waals surface area contributed by atoms with Gasteiger partial charge in [0.05, 0.1) is 5.69 Å². The van der Waals surface area contributed by atoms with E-state index >= 15 is 0 Å². The van der Waals surface area contributed by atoms with Crippen LogP contribution in [0.3, 0.4) is 0 Å². The van der Waals surface area contributed by atoms with E-state index in [4.69, 9.17) is 0 Å². The van der Waals surface area contributed by atoms with Crippen molar-refractivity contribution in [3.8, 4) is 0 Å². The second-order valence-corrected chi connectivity index (χ2v) is 11.9. The third-order valence-electron chi connectivity index (χ3n) is 5.02. The number of rotatable bonds is 4. The predicted molar refractivity (Wildman–Crippen MR) is 109 cm³/mol. The number of halogens is 2. The van der Waals surface area contributed by atoms with Crippen LogP contribution in [0.1, 0.15) is 11.5 Å². The molecule has 1 aliphatic heterocycles. The molecule has 2 aromatic carbocycles. The molecule has 7 heteroatoms. The smallest absolute Gasteiger partial charge is 0.237 e. The van der Waals surface area contributed by atoms with Crippen LogP contribution in [-0.2, 0) is 9.59 Å². The molecule has 2 aromatic rings. The van der Waals surface area contributed by atoms with E-state index in [-0.39, 0.29) is 17.5 Å². The first-order valence-electron chi connectivity index (χ1n) is 8.88. The lowest BCUT2D eigenvalue weighted by atomic mass is 9.88. The summed E-state index contributed by atoms with van der Waals surface area (Å²) in [5.74, 6) is -4.48. The highest BCUT2D eigenvalue weighted by atomic mass is 32.3. The number of carbonyl (C=O) groups is 2. The summed E-state index contributed by atoms with van der Waals surface area (Å²) in [4.78, 5) is 28.1. The first-order valence-corrected chi connectivity index (χ1v) is 11.7. The van der Waals surface area contributed by atoms with Crippen molar-refractivity contribution in [2.75, 3.05) is 37.7 Å². The van der Waals surface area contributed by atoms with Crippen molar-refractivity contribution in [1.82, 2.24) is 4.90 Å². The number of nitrogens with zero attached hydrogens (tertiary/aromatic N) is 1. The maximum atomic E-state index is 13.9. The third-order valence-corrected chi connectivity index (χ3v) is 6.71. The summed E-state index contributed by atoms with van der Waals surface area (Å²) in [5.41, 5.74) is 0.614. The Balaban J connectivity index is 1.88. The molecule has 0 unspecified atom stereocenters. The molecule has 0 aromatic heterocycles. The second-order valence-electron chi connectivity index (χ2n) is 7.80. The van der Waals surface area contributed by atoms with Crippen LogP contribution in [0.15, 0.2) is 47.4 Å². The molecule has 1 heterocycles. The molecule has 0 bridgehead atoms. The van der Waals surface area contributed by atoms with E-state index in [1.807, 2.05) is 24.3 Å². The largest absolute Gasteiger partial charge is 0.344 e. The summed E-state index contributed by atoms with van der Waals surface area (Å²) < 4.78 is 27.3. The molecule has 0 saturated carbocycles. The lowest BCUT2D eigenvalue weighted by molar-refractivity contribution is -0.135. The normalized spacial score (nSPS) is 20.4. The maximum absolute atomic E-state index is 13.9. The van der Waals surface area contributed by atoms with Gasteiger partial charge in [-0.2, -0.15) is 0 Å². The zero-order valence-corrected chi connectivity index (χ0v) is 17.1. The second kappa shape index (κ2) is 7.54. The Morgan fingerprint density at radius 2 is 1.75 bits per heavy atom. The number of anilines is 1. The van der Waals surface area contributed by atoms with Crippen LogP contribution in [-0.4, -0.2) is 49.1 Å². The van der Waals surface area contributed by atoms with Gasteiger partial charge < -0.3 is 10.2 Å². The molecule has 1 aliphatic rings. The van der Waals surface area contributed by atoms with Gasteiger partial charge in [0, 0.05) is 19.5 Å². The van der Waals surface area contributed by atoms with Crippen molar-refractivity contribution >= 4 is 27.5 Å². The molecule has 28 heavy (non-hydrogen) atoms. The van der Waals surface area contributed by atoms with E-state index in [0.717, 1.165) is 11.6 Å². The molecule has 1 N–H and O–H groups in total. The summed E-state index contributed by atoms with van der Waals surface area (Å²) in [6.45, 7) is 0.393. The van der Waals surface area contributed by atoms with Gasteiger partial charge in [-0.05, 0) is 53.5 Å². The minimum atomic E-state index is -1.14. The Bertz CT molecular complexity index is 910. The zero-order valence-electron chi connectivity index (χ0n) is 16.3. The van der Waals surface area contributed by atoms with Gasteiger partial charge in [0.15, 0.2) is 11.6 Å². The van der Waals surface area contributed by atoms with Gasteiger partial charge >= 0.3 is 0 Å². The van der Waals surface area contributed by atoms with Crippen molar-refractivity contribution in [2.45, 2.75) is 10.8 Å². The first kappa shape index (κ1) is 20.3. The average Bonchev–Trinajstić information content (AvgIpc) is 2.93. The van der Waals surface area contributed by atoms with Gasteiger partial charge in [-0.25, -0.2) is 18.8 Å². The van der Waals surface area contributed by atoms with Gasteiger partial charge in [-0.15, -0.1) is 0 Å². The molecular weight excluding hydrogens is 382 g/mol. The van der Waals surface area contributed by atoms with Crippen LogP contribution in [0.4, 0.5) is 14.5 Å². The molecule has 0 radical (unpaired) electrons. The molecule has 3 rings (SSSR count). The summed E-state index contributed by atoms with van der Waals surface area (Å²) in [6.07, 6.45) is 6.58. The Labute approximate surface area is 165 Å². The van der Waals surface area contributed by atoms with Gasteiger partial charge in [-0.1, -0.05) is 18.2 Å². The van der Waals surface area contributed by atoms with Crippen LogP contribution in [0.25, 0.3) is 0 Å². The van der Waals surface area contributed by atoms with Gasteiger partial charge in [0.2, 0.25) is 11.8 Å². The Kier molecular flexibility index (Phi) is 5.48. The number of hydrogen-bond acceptors (Lipinski definition) is 2. The fraction of sp³-hybridized carbons (Fsp3) is 0.333. The van der Waals surface area contributed by atoms with Gasteiger partial charge in [-0.3, -0.25) is 9.59 Å². The van der Waals surface area contributed by atoms with Gasteiger partial charge in [0.1, 0.15) is 5.92 Å². The van der Waals surface area contributed by atoms with E-state index in [2.05, 4.69) is 24.1 Å². The van der Waals surface area contributed by atoms with E-state index in [9.17, 15) is 18.4 Å². The van der Waals surface area contributed by atoms with Crippen LogP contribution >= 0.6 is 10.0 Å². The third kappa shape index (κ3) is 3.90. The van der Waals surface area contributed by atoms with Crippen molar-refractivity contribution in [3.05, 3.63) is 59.7 Å². The number of likely N-dealkylation sites (N-methyl/N-ethyl adjacent to an activating group) is 1. The molecule has 150 valence electrons. The Morgan fingerprint density at radius 1 is 1.11 bits per heavy atom. The van der Waals surface area contributed by atoms with Crippen molar-refractivity contribution in [2.24, 2.45) is 5.92 Å². The number of likely N-dealkylation sites (tertiary alicyclic amines) is 1. The highest BCUT2D eigenvalue weighted by Crippen LogP contribution is 2.45. The minimum absolute atomic E-state index is 0.266.